The summed E-state index contributed by atoms with van der Waals surface area (Å²) < 4.78 is 2.18. The lowest BCUT2D eigenvalue weighted by Gasteiger charge is -2.14. The monoisotopic (exact) mass is 276 g/mol. The second-order valence-corrected chi connectivity index (χ2v) is 6.49. The Morgan fingerprint density at radius 3 is 2.84 bits per heavy atom. The highest BCUT2D eigenvalue weighted by Gasteiger charge is 2.27. The Labute approximate surface area is 118 Å². The third-order valence-electron chi connectivity index (χ3n) is 3.72. The molecule has 1 saturated heterocycles. The molecule has 0 bridgehead atoms. The maximum absolute atomic E-state index is 4.66. The molecule has 2 aromatic heterocycles. The van der Waals surface area contributed by atoms with E-state index < -0.39 is 0 Å². The zero-order chi connectivity index (χ0) is 13.4. The number of aromatic nitrogens is 3. The summed E-state index contributed by atoms with van der Waals surface area (Å²) in [4.78, 5) is 11.7. The van der Waals surface area contributed by atoms with Crippen molar-refractivity contribution in [3.05, 3.63) is 33.8 Å². The smallest absolute Gasteiger partial charge is 0.113 e. The number of aryl methyl sites for hydroxylation is 3. The fraction of sp³-hybridized carbons (Fsp3) is 0.571. The molecule has 3 heterocycles. The minimum Gasteiger partial charge on any atom is -0.337 e. The molecular weight excluding hydrogens is 256 g/mol. The highest BCUT2D eigenvalue weighted by atomic mass is 32.1. The minimum atomic E-state index is 0.568. The van der Waals surface area contributed by atoms with E-state index >= 15 is 0 Å². The van der Waals surface area contributed by atoms with E-state index in [0.717, 1.165) is 30.3 Å². The average molecular weight is 276 g/mol. The summed E-state index contributed by atoms with van der Waals surface area (Å²) in [6.07, 6.45) is 3.31. The maximum atomic E-state index is 4.66. The van der Waals surface area contributed by atoms with Crippen LogP contribution < -0.4 is 0 Å². The second kappa shape index (κ2) is 5.06. The molecule has 0 saturated carbocycles. The van der Waals surface area contributed by atoms with Crippen LogP contribution in [0.1, 0.15) is 34.6 Å². The average Bonchev–Trinajstić information content (AvgIpc) is 3.02. The van der Waals surface area contributed by atoms with E-state index in [1.54, 1.807) is 11.3 Å². The summed E-state index contributed by atoms with van der Waals surface area (Å²) in [5, 5.41) is 3.33. The molecule has 1 fully saturated rings. The molecule has 1 aliphatic heterocycles. The molecule has 1 aliphatic rings. The quantitative estimate of drug-likeness (QED) is 0.863. The van der Waals surface area contributed by atoms with Gasteiger partial charge in [-0.25, -0.2) is 9.97 Å². The van der Waals surface area contributed by atoms with Crippen LogP contribution >= 0.6 is 11.3 Å². The van der Waals surface area contributed by atoms with Gasteiger partial charge in [0.2, 0.25) is 0 Å². The molecule has 19 heavy (non-hydrogen) atoms. The van der Waals surface area contributed by atoms with Crippen LogP contribution in [0.2, 0.25) is 0 Å². The van der Waals surface area contributed by atoms with Gasteiger partial charge in [0.05, 0.1) is 16.4 Å². The molecular formula is C14H20N4S. The van der Waals surface area contributed by atoms with Gasteiger partial charge >= 0.3 is 0 Å². The van der Waals surface area contributed by atoms with E-state index in [9.17, 15) is 0 Å². The normalized spacial score (nSPS) is 20.3. The van der Waals surface area contributed by atoms with Gasteiger partial charge in [0.1, 0.15) is 5.82 Å². The van der Waals surface area contributed by atoms with Crippen molar-refractivity contribution in [2.75, 3.05) is 13.1 Å². The zero-order valence-electron chi connectivity index (χ0n) is 11.8. The Morgan fingerprint density at radius 2 is 2.21 bits per heavy atom. The van der Waals surface area contributed by atoms with Crippen molar-refractivity contribution < 1.29 is 0 Å². The Hall–Kier alpha value is -1.20. The first-order valence-electron chi connectivity index (χ1n) is 6.75. The van der Waals surface area contributed by atoms with Crippen LogP contribution in [0.3, 0.4) is 0 Å². The fourth-order valence-electron chi connectivity index (χ4n) is 2.91. The summed E-state index contributed by atoms with van der Waals surface area (Å²) in [6.45, 7) is 7.35. The van der Waals surface area contributed by atoms with Crippen molar-refractivity contribution in [2.45, 2.75) is 32.7 Å². The van der Waals surface area contributed by atoms with Gasteiger partial charge in [0.25, 0.3) is 0 Å². The Kier molecular flexibility index (Phi) is 3.41. The van der Waals surface area contributed by atoms with Crippen molar-refractivity contribution >= 4 is 11.3 Å². The number of imidazole rings is 1. The molecule has 102 valence electrons. The van der Waals surface area contributed by atoms with Crippen molar-refractivity contribution in [1.29, 1.82) is 0 Å². The number of likely N-dealkylation sites (tertiary alicyclic amines) is 1. The molecule has 0 N–H and O–H groups in total. The van der Waals surface area contributed by atoms with Crippen LogP contribution in [0.15, 0.2) is 11.6 Å². The Morgan fingerprint density at radius 1 is 1.37 bits per heavy atom. The van der Waals surface area contributed by atoms with Crippen molar-refractivity contribution in [1.82, 2.24) is 19.4 Å². The summed E-state index contributed by atoms with van der Waals surface area (Å²) >= 11 is 1.74. The molecule has 5 heteroatoms. The van der Waals surface area contributed by atoms with Crippen LogP contribution in [0.4, 0.5) is 0 Å². The third-order valence-corrected chi connectivity index (χ3v) is 4.54. The van der Waals surface area contributed by atoms with E-state index in [1.165, 1.54) is 17.9 Å². The van der Waals surface area contributed by atoms with Crippen LogP contribution in [0.5, 0.6) is 0 Å². The third kappa shape index (κ3) is 2.72. The first-order chi connectivity index (χ1) is 9.11. The molecule has 1 unspecified atom stereocenters. The molecule has 1 atom stereocenters. The highest BCUT2D eigenvalue weighted by Crippen LogP contribution is 2.27. The number of thiazole rings is 1. The van der Waals surface area contributed by atoms with Crippen LogP contribution in [-0.2, 0) is 13.6 Å². The molecule has 3 rings (SSSR count). The first kappa shape index (κ1) is 12.8. The first-order valence-corrected chi connectivity index (χ1v) is 7.63. The fourth-order valence-corrected chi connectivity index (χ4v) is 3.51. The van der Waals surface area contributed by atoms with Crippen molar-refractivity contribution in [3.8, 4) is 0 Å². The van der Waals surface area contributed by atoms with Crippen LogP contribution in [0, 0.1) is 13.8 Å². The highest BCUT2D eigenvalue weighted by molar-refractivity contribution is 7.09. The number of nitrogens with zero attached hydrogens (tertiary/aromatic N) is 4. The SMILES string of the molecule is Cc1cn(C)c(C2CCN(Cc3csc(C)n3)C2)n1. The summed E-state index contributed by atoms with van der Waals surface area (Å²) in [5.74, 6) is 1.80. The van der Waals surface area contributed by atoms with E-state index in [0.29, 0.717) is 5.92 Å². The van der Waals surface area contributed by atoms with Gasteiger partial charge in [0, 0.05) is 37.6 Å². The molecule has 0 radical (unpaired) electrons. The lowest BCUT2D eigenvalue weighted by atomic mass is 10.1. The van der Waals surface area contributed by atoms with Gasteiger partial charge in [-0.15, -0.1) is 11.3 Å². The van der Waals surface area contributed by atoms with Gasteiger partial charge in [-0.2, -0.15) is 0 Å². The summed E-state index contributed by atoms with van der Waals surface area (Å²) in [7, 11) is 2.10. The minimum absolute atomic E-state index is 0.568. The summed E-state index contributed by atoms with van der Waals surface area (Å²) in [5.41, 5.74) is 2.32. The van der Waals surface area contributed by atoms with Gasteiger partial charge in [-0.1, -0.05) is 0 Å². The summed E-state index contributed by atoms with van der Waals surface area (Å²) in [6, 6.07) is 0. The van der Waals surface area contributed by atoms with Crippen molar-refractivity contribution in [3.63, 3.8) is 0 Å². The van der Waals surface area contributed by atoms with Gasteiger partial charge in [-0.3, -0.25) is 4.90 Å². The number of hydrogen-bond acceptors (Lipinski definition) is 4. The molecule has 0 aliphatic carbocycles. The van der Waals surface area contributed by atoms with E-state index in [-0.39, 0.29) is 0 Å². The molecule has 2 aromatic rings. The Bertz CT molecular complexity index is 572. The second-order valence-electron chi connectivity index (χ2n) is 5.43. The van der Waals surface area contributed by atoms with Crippen LogP contribution in [-0.4, -0.2) is 32.5 Å². The van der Waals surface area contributed by atoms with Crippen LogP contribution in [0.25, 0.3) is 0 Å². The lowest BCUT2D eigenvalue weighted by molar-refractivity contribution is 0.321. The van der Waals surface area contributed by atoms with Gasteiger partial charge < -0.3 is 4.57 Å². The molecule has 0 spiro atoms. The number of rotatable bonds is 3. The zero-order valence-corrected chi connectivity index (χ0v) is 12.6. The molecule has 0 aromatic carbocycles. The number of hydrogen-bond donors (Lipinski definition) is 0. The molecule has 0 amide bonds. The topological polar surface area (TPSA) is 34.0 Å². The lowest BCUT2D eigenvalue weighted by Crippen LogP contribution is -2.20. The Balaban J connectivity index is 1.65. The standard InChI is InChI=1S/C14H20N4S/c1-10-6-17(3)14(15-10)12-4-5-18(7-12)8-13-9-19-11(2)16-13/h6,9,12H,4-5,7-8H2,1-3H3. The van der Waals surface area contributed by atoms with E-state index in [1.807, 2.05) is 0 Å². The van der Waals surface area contributed by atoms with Gasteiger partial charge in [-0.05, 0) is 26.8 Å². The predicted molar refractivity (Wildman–Crippen MR) is 77.4 cm³/mol. The van der Waals surface area contributed by atoms with E-state index in [2.05, 4.69) is 51.9 Å². The van der Waals surface area contributed by atoms with Crippen molar-refractivity contribution in [2.24, 2.45) is 7.05 Å². The maximum Gasteiger partial charge on any atom is 0.113 e. The largest absolute Gasteiger partial charge is 0.337 e. The molecule has 4 nitrogen and oxygen atoms in total. The van der Waals surface area contributed by atoms with E-state index in [4.69, 9.17) is 0 Å². The predicted octanol–water partition coefficient (Wildman–Crippen LogP) is 2.48. The van der Waals surface area contributed by atoms with Gasteiger partial charge in [0.15, 0.2) is 0 Å².